The summed E-state index contributed by atoms with van der Waals surface area (Å²) >= 11 is 6.39. The van der Waals surface area contributed by atoms with E-state index in [0.29, 0.717) is 48.8 Å². The zero-order valence-electron chi connectivity index (χ0n) is 22.1. The van der Waals surface area contributed by atoms with Gasteiger partial charge >= 0.3 is 0 Å². The molecule has 3 fully saturated rings. The first-order valence-electron chi connectivity index (χ1n) is 13.6. The van der Waals surface area contributed by atoms with Crippen molar-refractivity contribution in [2.24, 2.45) is 10.4 Å². The number of halogens is 2. The third-order valence-electron chi connectivity index (χ3n) is 8.56. The molecule has 2 aromatic rings. The van der Waals surface area contributed by atoms with E-state index in [4.69, 9.17) is 21.7 Å². The smallest absolute Gasteiger partial charge is 0.151 e. The Morgan fingerprint density at radius 1 is 1.22 bits per heavy atom. The highest BCUT2D eigenvalue weighted by atomic mass is 35.5. The van der Waals surface area contributed by atoms with Crippen molar-refractivity contribution in [2.75, 3.05) is 19.6 Å². The Morgan fingerprint density at radius 3 is 2.70 bits per heavy atom. The first-order chi connectivity index (χ1) is 17.8. The minimum Gasteiger partial charge on any atom is -0.355 e. The Bertz CT molecular complexity index is 1280. The molecule has 0 radical (unpaired) electrons. The number of fused-ring (bicyclic) bond motifs is 3. The fraction of sp³-hybridized carbons (Fsp3) is 0.552. The van der Waals surface area contributed by atoms with Crippen molar-refractivity contribution < 1.29 is 4.39 Å². The molecule has 0 amide bonds. The molecular weight excluding hydrogens is 487 g/mol. The summed E-state index contributed by atoms with van der Waals surface area (Å²) in [6.45, 7) is 10.2. The van der Waals surface area contributed by atoms with Crippen molar-refractivity contribution in [3.8, 4) is 5.69 Å². The lowest BCUT2D eigenvalue weighted by atomic mass is 9.57. The Labute approximate surface area is 223 Å². The Hall–Kier alpha value is -2.51. The van der Waals surface area contributed by atoms with Gasteiger partial charge in [-0.1, -0.05) is 24.6 Å². The molecule has 1 saturated heterocycles. The van der Waals surface area contributed by atoms with Crippen LogP contribution in [0.15, 0.2) is 46.7 Å². The van der Waals surface area contributed by atoms with Gasteiger partial charge in [0.25, 0.3) is 0 Å². The molecule has 4 aliphatic rings. The quantitative estimate of drug-likeness (QED) is 0.406. The van der Waals surface area contributed by atoms with E-state index in [1.165, 1.54) is 5.57 Å². The molecule has 2 aliphatic carbocycles. The minimum absolute atomic E-state index is 0.332. The van der Waals surface area contributed by atoms with Crippen molar-refractivity contribution >= 4 is 17.8 Å². The number of hydrogen-bond acceptors (Lipinski definition) is 5. The molecule has 0 N–H and O–H groups in total. The van der Waals surface area contributed by atoms with Gasteiger partial charge in [0.05, 0.1) is 12.2 Å². The van der Waals surface area contributed by atoms with Gasteiger partial charge in [-0.05, 0) is 81.4 Å². The van der Waals surface area contributed by atoms with E-state index in [2.05, 4.69) is 39.4 Å². The van der Waals surface area contributed by atoms with Crippen LogP contribution in [0, 0.1) is 5.41 Å². The average Bonchev–Trinajstić information content (AvgIpc) is 3.45. The van der Waals surface area contributed by atoms with E-state index in [0.717, 1.165) is 61.1 Å². The molecule has 0 unspecified atom stereocenters. The lowest BCUT2D eigenvalue weighted by Crippen LogP contribution is -2.61. The van der Waals surface area contributed by atoms with Crippen LogP contribution in [0.25, 0.3) is 5.69 Å². The third-order valence-corrected chi connectivity index (χ3v) is 8.79. The summed E-state index contributed by atoms with van der Waals surface area (Å²) in [6, 6.07) is 6.03. The topological polar surface area (TPSA) is 49.6 Å². The predicted octanol–water partition coefficient (Wildman–Crippen LogP) is 6.21. The van der Waals surface area contributed by atoms with Crippen LogP contribution in [0.3, 0.4) is 0 Å². The van der Waals surface area contributed by atoms with Gasteiger partial charge in [-0.15, -0.1) is 10.2 Å². The molecule has 1 spiro atoms. The lowest BCUT2D eigenvalue weighted by molar-refractivity contribution is -0.0569. The maximum atomic E-state index is 14.7. The predicted molar refractivity (Wildman–Crippen MR) is 146 cm³/mol. The highest BCUT2D eigenvalue weighted by Gasteiger charge is 2.55. The summed E-state index contributed by atoms with van der Waals surface area (Å²) in [6.07, 6.45) is 10.4. The molecule has 1 aromatic heterocycles. The molecule has 6 nitrogen and oxygen atoms in total. The second kappa shape index (κ2) is 9.35. The van der Waals surface area contributed by atoms with Gasteiger partial charge in [0.2, 0.25) is 0 Å². The van der Waals surface area contributed by atoms with Crippen LogP contribution < -0.4 is 0 Å². The van der Waals surface area contributed by atoms with E-state index in [1.807, 2.05) is 37.4 Å². The first kappa shape index (κ1) is 24.8. The average molecular weight is 523 g/mol. The molecule has 1 aromatic carbocycles. The van der Waals surface area contributed by atoms with Crippen molar-refractivity contribution in [2.45, 2.75) is 77.6 Å². The summed E-state index contributed by atoms with van der Waals surface area (Å²) in [5.74, 6) is 3.44. The molecule has 8 heteroatoms. The molecule has 196 valence electrons. The van der Waals surface area contributed by atoms with Gasteiger partial charge in [0.1, 0.15) is 17.3 Å². The molecule has 6 rings (SSSR count). The van der Waals surface area contributed by atoms with E-state index >= 15 is 0 Å². The number of aromatic nitrogens is 3. The number of rotatable bonds is 7. The molecule has 0 bridgehead atoms. The van der Waals surface area contributed by atoms with Gasteiger partial charge < -0.3 is 4.90 Å². The fourth-order valence-electron chi connectivity index (χ4n) is 6.32. The van der Waals surface area contributed by atoms with E-state index in [9.17, 15) is 4.39 Å². The van der Waals surface area contributed by atoms with Gasteiger partial charge in [0.15, 0.2) is 5.82 Å². The van der Waals surface area contributed by atoms with E-state index in [1.54, 1.807) is 0 Å². The monoisotopic (exact) mass is 522 g/mol. The number of hydrogen-bond donors (Lipinski definition) is 0. The number of likely N-dealkylation sites (tertiary alicyclic amines) is 1. The SMILES string of the molecule is C\C=C/C=N\C(=C(/C)CC)N1CC2(CC(c3nnc4n3-c3ccc(Cl)cc3CN(CC3(F)CC3)C4)C2)C1. The number of nitrogens with zero attached hydrogens (tertiary/aromatic N) is 6. The van der Waals surface area contributed by atoms with Crippen LogP contribution >= 0.6 is 11.6 Å². The van der Waals surface area contributed by atoms with Crippen molar-refractivity contribution in [1.82, 2.24) is 24.6 Å². The van der Waals surface area contributed by atoms with Crippen LogP contribution in [0.5, 0.6) is 0 Å². The highest BCUT2D eigenvalue weighted by molar-refractivity contribution is 6.30. The van der Waals surface area contributed by atoms with E-state index in [-0.39, 0.29) is 0 Å². The van der Waals surface area contributed by atoms with Crippen LogP contribution in [-0.2, 0) is 13.1 Å². The van der Waals surface area contributed by atoms with Crippen LogP contribution in [0.2, 0.25) is 5.02 Å². The number of allylic oxidation sites excluding steroid dienone is 3. The zero-order valence-corrected chi connectivity index (χ0v) is 22.8. The largest absolute Gasteiger partial charge is 0.355 e. The number of alkyl halides is 1. The van der Waals surface area contributed by atoms with Gasteiger partial charge in [0, 0.05) is 48.7 Å². The van der Waals surface area contributed by atoms with Gasteiger partial charge in [-0.2, -0.15) is 0 Å². The van der Waals surface area contributed by atoms with Crippen LogP contribution in [0.4, 0.5) is 4.39 Å². The second-order valence-electron chi connectivity index (χ2n) is 11.6. The Balaban J connectivity index is 1.21. The maximum Gasteiger partial charge on any atom is 0.151 e. The molecule has 2 aliphatic heterocycles. The van der Waals surface area contributed by atoms with Gasteiger partial charge in [-0.25, -0.2) is 9.38 Å². The van der Waals surface area contributed by atoms with E-state index < -0.39 is 5.67 Å². The lowest BCUT2D eigenvalue weighted by Gasteiger charge is -2.59. The highest BCUT2D eigenvalue weighted by Crippen LogP contribution is 2.57. The number of aliphatic imine (C=N–C) groups is 1. The number of benzene rings is 1. The summed E-state index contributed by atoms with van der Waals surface area (Å²) in [7, 11) is 0. The summed E-state index contributed by atoms with van der Waals surface area (Å²) in [4.78, 5) is 9.36. The second-order valence-corrected chi connectivity index (χ2v) is 12.0. The summed E-state index contributed by atoms with van der Waals surface area (Å²) < 4.78 is 16.9. The zero-order chi connectivity index (χ0) is 25.8. The normalized spacial score (nSPS) is 23.0. The fourth-order valence-corrected chi connectivity index (χ4v) is 6.52. The van der Waals surface area contributed by atoms with Crippen molar-refractivity contribution in [1.29, 1.82) is 0 Å². The third kappa shape index (κ3) is 4.65. The maximum absolute atomic E-state index is 14.7. The van der Waals surface area contributed by atoms with Crippen molar-refractivity contribution in [3.63, 3.8) is 0 Å². The summed E-state index contributed by atoms with van der Waals surface area (Å²) in [5, 5.41) is 10.0. The Morgan fingerprint density at radius 2 is 2.00 bits per heavy atom. The van der Waals surface area contributed by atoms with Crippen LogP contribution in [0.1, 0.15) is 76.0 Å². The van der Waals surface area contributed by atoms with Crippen LogP contribution in [-0.4, -0.2) is 56.1 Å². The minimum atomic E-state index is -1.05. The molecule has 0 atom stereocenters. The molecule has 37 heavy (non-hydrogen) atoms. The molecule has 2 saturated carbocycles. The molecular formula is C29H36ClFN6. The first-order valence-corrected chi connectivity index (χ1v) is 13.9. The standard InChI is InChI=1S/C29H36ClFN6/c1-4-6-11-32-26(20(3)5-2)36-17-28(18-36)13-22(14-28)27-34-33-25-16-35(19-29(31)9-10-29)15-21-12-23(30)7-8-24(21)37(25)27/h4,6-8,11-12,22H,5,9-10,13-19H2,1-3H3/b6-4-,26-20-,32-11-. The van der Waals surface area contributed by atoms with Crippen molar-refractivity contribution in [3.05, 3.63) is 64.0 Å². The summed E-state index contributed by atoms with van der Waals surface area (Å²) in [5.41, 5.74) is 2.81. The Kier molecular flexibility index (Phi) is 6.27. The van der Waals surface area contributed by atoms with Gasteiger partial charge in [-0.3, -0.25) is 9.47 Å². The molecule has 3 heterocycles.